The Bertz CT molecular complexity index is 971. The highest BCUT2D eigenvalue weighted by Crippen LogP contribution is 2.33. The number of nitrogens with zero attached hydrogens (tertiary/aromatic N) is 2. The number of amides is 1. The summed E-state index contributed by atoms with van der Waals surface area (Å²) in [6, 6.07) is 17.7. The molecule has 0 radical (unpaired) electrons. The highest BCUT2D eigenvalue weighted by atomic mass is 35.5. The predicted octanol–water partition coefficient (Wildman–Crippen LogP) is 3.84. The Morgan fingerprint density at radius 2 is 1.80 bits per heavy atom. The van der Waals surface area contributed by atoms with Gasteiger partial charge in [0, 0.05) is 28.6 Å². The van der Waals surface area contributed by atoms with E-state index in [4.69, 9.17) is 11.6 Å². The van der Waals surface area contributed by atoms with Gasteiger partial charge >= 0.3 is 0 Å². The number of anilines is 1. The van der Waals surface area contributed by atoms with Gasteiger partial charge in [-0.05, 0) is 42.5 Å². The number of nitrogens with one attached hydrogen (secondary N) is 1. The summed E-state index contributed by atoms with van der Waals surface area (Å²) in [6.45, 7) is 0. The maximum atomic E-state index is 12.2. The number of aryl methyl sites for hydroxylation is 1. The Morgan fingerprint density at radius 3 is 2.48 bits per heavy atom. The second-order valence-corrected chi connectivity index (χ2v) is 6.71. The van der Waals surface area contributed by atoms with Crippen molar-refractivity contribution in [1.29, 1.82) is 0 Å². The van der Waals surface area contributed by atoms with Gasteiger partial charge in [0.2, 0.25) is 0 Å². The zero-order valence-corrected chi connectivity index (χ0v) is 14.8. The van der Waals surface area contributed by atoms with Crippen molar-refractivity contribution < 1.29 is 4.79 Å². The number of hydrogen-bond acceptors (Lipinski definition) is 4. The summed E-state index contributed by atoms with van der Waals surface area (Å²) < 4.78 is 1.12. The topological polar surface area (TPSA) is 64.0 Å². The largest absolute Gasteiger partial charge is 0.321 e. The van der Waals surface area contributed by atoms with E-state index < -0.39 is 0 Å². The van der Waals surface area contributed by atoms with Gasteiger partial charge in [0.15, 0.2) is 0 Å². The highest BCUT2D eigenvalue weighted by molar-refractivity contribution is 7.99. The average Bonchev–Trinajstić information content (AvgIpc) is 2.61. The minimum absolute atomic E-state index is 0.177. The van der Waals surface area contributed by atoms with Crippen molar-refractivity contribution in [3.05, 3.63) is 81.7 Å². The number of carbonyl (C=O) groups excluding carboxylic acids is 1. The Labute approximate surface area is 153 Å². The number of carbonyl (C=O) groups is 1. The quantitative estimate of drug-likeness (QED) is 0.756. The molecule has 0 aliphatic heterocycles. The first-order chi connectivity index (χ1) is 12.0. The maximum absolute atomic E-state index is 12.2. The molecule has 2 aromatic carbocycles. The fourth-order valence-corrected chi connectivity index (χ4v) is 3.17. The van der Waals surface area contributed by atoms with Gasteiger partial charge in [-0.2, -0.15) is 5.10 Å². The van der Waals surface area contributed by atoms with E-state index in [-0.39, 0.29) is 17.2 Å². The van der Waals surface area contributed by atoms with Crippen LogP contribution in [0.3, 0.4) is 0 Å². The molecule has 0 fully saturated rings. The van der Waals surface area contributed by atoms with Crippen LogP contribution in [0.4, 0.5) is 5.69 Å². The lowest BCUT2D eigenvalue weighted by atomic mass is 10.3. The van der Waals surface area contributed by atoms with E-state index in [0.29, 0.717) is 10.7 Å². The number of halogens is 1. The number of rotatable bonds is 4. The van der Waals surface area contributed by atoms with E-state index >= 15 is 0 Å². The lowest BCUT2D eigenvalue weighted by molar-refractivity contribution is 0.102. The molecule has 0 aliphatic rings. The summed E-state index contributed by atoms with van der Waals surface area (Å²) in [4.78, 5) is 25.5. The van der Waals surface area contributed by atoms with Gasteiger partial charge in [0.1, 0.15) is 5.69 Å². The van der Waals surface area contributed by atoms with Crippen LogP contribution in [-0.4, -0.2) is 15.7 Å². The first kappa shape index (κ1) is 17.3. The van der Waals surface area contributed by atoms with Crippen molar-refractivity contribution in [2.24, 2.45) is 7.05 Å². The molecular weight excluding hydrogens is 358 g/mol. The van der Waals surface area contributed by atoms with Crippen LogP contribution in [0, 0.1) is 0 Å². The number of aromatic nitrogens is 2. The van der Waals surface area contributed by atoms with E-state index in [0.717, 1.165) is 14.5 Å². The Morgan fingerprint density at radius 1 is 1.08 bits per heavy atom. The Balaban J connectivity index is 1.70. The van der Waals surface area contributed by atoms with E-state index in [9.17, 15) is 9.59 Å². The summed E-state index contributed by atoms with van der Waals surface area (Å²) in [5.74, 6) is -0.373. The van der Waals surface area contributed by atoms with Gasteiger partial charge < -0.3 is 5.32 Å². The van der Waals surface area contributed by atoms with Gasteiger partial charge in [-0.1, -0.05) is 35.5 Å². The van der Waals surface area contributed by atoms with E-state index in [1.807, 2.05) is 36.4 Å². The van der Waals surface area contributed by atoms with Crippen LogP contribution in [0.2, 0.25) is 5.02 Å². The molecule has 1 heterocycles. The molecule has 1 amide bonds. The van der Waals surface area contributed by atoms with Crippen molar-refractivity contribution in [3.8, 4) is 0 Å². The average molecular weight is 372 g/mol. The van der Waals surface area contributed by atoms with E-state index in [2.05, 4.69) is 10.4 Å². The smallest absolute Gasteiger partial charge is 0.276 e. The molecule has 0 saturated heterocycles. The summed E-state index contributed by atoms with van der Waals surface area (Å²) in [5, 5.41) is 7.38. The van der Waals surface area contributed by atoms with E-state index in [1.165, 1.54) is 19.2 Å². The van der Waals surface area contributed by atoms with Crippen LogP contribution in [0.25, 0.3) is 0 Å². The van der Waals surface area contributed by atoms with Crippen LogP contribution in [0.1, 0.15) is 10.5 Å². The van der Waals surface area contributed by atoms with Gasteiger partial charge in [-0.15, -0.1) is 0 Å². The zero-order chi connectivity index (χ0) is 17.8. The number of hydrogen-bond donors (Lipinski definition) is 1. The molecule has 0 saturated carbocycles. The van der Waals surface area contributed by atoms with Gasteiger partial charge in [0.25, 0.3) is 11.5 Å². The van der Waals surface area contributed by atoms with Crippen LogP contribution in [0.5, 0.6) is 0 Å². The number of benzene rings is 2. The van der Waals surface area contributed by atoms with Crippen LogP contribution in [-0.2, 0) is 7.05 Å². The minimum Gasteiger partial charge on any atom is -0.321 e. The lowest BCUT2D eigenvalue weighted by Gasteiger charge is -2.07. The third-order valence-corrected chi connectivity index (χ3v) is 4.90. The summed E-state index contributed by atoms with van der Waals surface area (Å²) in [7, 11) is 1.50. The Hall–Kier alpha value is -2.57. The molecule has 3 rings (SSSR count). The summed E-state index contributed by atoms with van der Waals surface area (Å²) >= 11 is 7.70. The standard InChI is InChI=1S/C18H14ClN3O2S/c1-22-17(23)11-10-15(21-22)18(24)20-12-6-8-13(9-7-12)25-16-5-3-2-4-14(16)19/h2-11H,1H3,(H,20,24). The zero-order valence-electron chi connectivity index (χ0n) is 13.3. The predicted molar refractivity (Wildman–Crippen MR) is 99.4 cm³/mol. The molecule has 25 heavy (non-hydrogen) atoms. The lowest BCUT2D eigenvalue weighted by Crippen LogP contribution is -2.23. The maximum Gasteiger partial charge on any atom is 0.276 e. The second-order valence-electron chi connectivity index (χ2n) is 5.19. The first-order valence-corrected chi connectivity index (χ1v) is 8.60. The fraction of sp³-hybridized carbons (Fsp3) is 0.0556. The molecule has 0 atom stereocenters. The van der Waals surface area contributed by atoms with Crippen LogP contribution < -0.4 is 10.9 Å². The fourth-order valence-electron chi connectivity index (χ4n) is 2.08. The van der Waals surface area contributed by atoms with Crippen molar-refractivity contribution in [2.45, 2.75) is 9.79 Å². The molecule has 1 aromatic heterocycles. The molecule has 5 nitrogen and oxygen atoms in total. The van der Waals surface area contributed by atoms with Crippen molar-refractivity contribution in [2.75, 3.05) is 5.32 Å². The molecule has 3 aromatic rings. The molecule has 0 unspecified atom stereocenters. The molecule has 0 aliphatic carbocycles. The van der Waals surface area contributed by atoms with Crippen molar-refractivity contribution in [1.82, 2.24) is 9.78 Å². The minimum atomic E-state index is -0.373. The van der Waals surface area contributed by atoms with Crippen LogP contribution in [0.15, 0.2) is 75.2 Å². The molecule has 7 heteroatoms. The molecule has 126 valence electrons. The molecule has 1 N–H and O–H groups in total. The third kappa shape index (κ3) is 4.29. The molecule has 0 bridgehead atoms. The summed E-state index contributed by atoms with van der Waals surface area (Å²) in [5.41, 5.74) is 0.554. The SMILES string of the molecule is Cn1nc(C(=O)Nc2ccc(Sc3ccccc3Cl)cc2)ccc1=O. The summed E-state index contributed by atoms with van der Waals surface area (Å²) in [6.07, 6.45) is 0. The van der Waals surface area contributed by atoms with Crippen LogP contribution >= 0.6 is 23.4 Å². The highest BCUT2D eigenvalue weighted by Gasteiger charge is 2.09. The van der Waals surface area contributed by atoms with Crippen molar-refractivity contribution >= 4 is 35.0 Å². The van der Waals surface area contributed by atoms with Gasteiger partial charge in [-0.3, -0.25) is 9.59 Å². The van der Waals surface area contributed by atoms with Gasteiger partial charge in [0.05, 0.1) is 5.02 Å². The molecular formula is C18H14ClN3O2S. The Kier molecular flexibility index (Phi) is 5.21. The van der Waals surface area contributed by atoms with Crippen molar-refractivity contribution in [3.63, 3.8) is 0 Å². The van der Waals surface area contributed by atoms with Gasteiger partial charge in [-0.25, -0.2) is 4.68 Å². The monoisotopic (exact) mass is 371 g/mol. The molecule has 0 spiro atoms. The van der Waals surface area contributed by atoms with E-state index in [1.54, 1.807) is 23.9 Å². The first-order valence-electron chi connectivity index (χ1n) is 7.41. The normalized spacial score (nSPS) is 10.5. The second kappa shape index (κ2) is 7.55. The third-order valence-electron chi connectivity index (χ3n) is 3.37.